The minimum Gasteiger partial charge on any atom is -0.395 e. The van der Waals surface area contributed by atoms with Crippen molar-refractivity contribution in [2.75, 3.05) is 13.2 Å². The fourth-order valence-electron chi connectivity index (χ4n) is 5.67. The van der Waals surface area contributed by atoms with E-state index in [1.165, 1.54) is 12.0 Å². The van der Waals surface area contributed by atoms with Crippen molar-refractivity contribution in [3.05, 3.63) is 57.5 Å². The molecule has 3 heterocycles. The second-order valence-corrected chi connectivity index (χ2v) is 10.6. The number of allylic oxidation sites excluding steroid dienone is 1. The lowest BCUT2D eigenvalue weighted by molar-refractivity contribution is 0.0910. The van der Waals surface area contributed by atoms with E-state index in [1.54, 1.807) is 6.07 Å². The van der Waals surface area contributed by atoms with Gasteiger partial charge in [0.15, 0.2) is 5.65 Å². The second kappa shape index (κ2) is 9.57. The van der Waals surface area contributed by atoms with Gasteiger partial charge in [-0.25, -0.2) is 14.6 Å². The number of aromatic nitrogens is 4. The molecule has 0 amide bonds. The standard InChI is InChI=1S/C26H31Cl2N5O/c1-15-11-18(6-9-24(15)32-10-4-5-20(32)14-34)23-13-29-25-16(2)31-33(26(25)30-23)17(3)21-8-7-19(27)12-22(21)28/h6-8,12-13,15,17,20,24,34H,4-5,9-11,14H2,1-3H3/t15?,17-,20?,24?/m1/s1. The highest BCUT2D eigenvalue weighted by molar-refractivity contribution is 6.35. The van der Waals surface area contributed by atoms with Crippen molar-refractivity contribution >= 4 is 39.9 Å². The van der Waals surface area contributed by atoms with E-state index < -0.39 is 0 Å². The van der Waals surface area contributed by atoms with Crippen LogP contribution in [-0.2, 0) is 0 Å². The fourth-order valence-corrected chi connectivity index (χ4v) is 6.24. The highest BCUT2D eigenvalue weighted by Gasteiger charge is 2.35. The van der Waals surface area contributed by atoms with Gasteiger partial charge in [0.05, 0.1) is 30.2 Å². The predicted molar refractivity (Wildman–Crippen MR) is 137 cm³/mol. The highest BCUT2D eigenvalue weighted by Crippen LogP contribution is 2.36. The van der Waals surface area contributed by atoms with Crippen molar-refractivity contribution in [1.82, 2.24) is 24.6 Å². The summed E-state index contributed by atoms with van der Waals surface area (Å²) in [5.41, 5.74) is 5.52. The number of hydrogen-bond donors (Lipinski definition) is 1. The van der Waals surface area contributed by atoms with Crippen LogP contribution in [-0.4, -0.2) is 55.0 Å². The normalized spacial score (nSPS) is 24.5. The van der Waals surface area contributed by atoms with Gasteiger partial charge < -0.3 is 5.11 Å². The summed E-state index contributed by atoms with van der Waals surface area (Å²) in [5.74, 6) is 0.489. The zero-order valence-corrected chi connectivity index (χ0v) is 21.4. The molecule has 5 rings (SSSR count). The first-order valence-electron chi connectivity index (χ1n) is 12.1. The van der Waals surface area contributed by atoms with Gasteiger partial charge in [-0.1, -0.05) is 42.3 Å². The Morgan fingerprint density at radius 2 is 2.09 bits per heavy atom. The van der Waals surface area contributed by atoms with Crippen LogP contribution in [0.1, 0.15) is 62.5 Å². The number of hydrogen-bond acceptors (Lipinski definition) is 5. The predicted octanol–water partition coefficient (Wildman–Crippen LogP) is 5.69. The van der Waals surface area contributed by atoms with Crippen molar-refractivity contribution in [2.24, 2.45) is 5.92 Å². The van der Waals surface area contributed by atoms with E-state index in [1.807, 2.05) is 29.9 Å². The van der Waals surface area contributed by atoms with Gasteiger partial charge in [0.2, 0.25) is 0 Å². The molecular formula is C26H31Cl2N5O. The third kappa shape index (κ3) is 4.26. The molecule has 34 heavy (non-hydrogen) atoms. The fraction of sp³-hybridized carbons (Fsp3) is 0.500. The minimum atomic E-state index is -0.111. The lowest BCUT2D eigenvalue weighted by atomic mass is 9.83. The molecule has 0 radical (unpaired) electrons. The van der Waals surface area contributed by atoms with Crippen LogP contribution in [0.2, 0.25) is 10.0 Å². The maximum Gasteiger partial charge on any atom is 0.178 e. The average molecular weight is 500 g/mol. The molecule has 0 bridgehead atoms. The van der Waals surface area contributed by atoms with Gasteiger partial charge in [-0.15, -0.1) is 0 Å². The van der Waals surface area contributed by atoms with E-state index in [-0.39, 0.29) is 12.6 Å². The van der Waals surface area contributed by atoms with E-state index >= 15 is 0 Å². The van der Waals surface area contributed by atoms with Crippen LogP contribution in [0.15, 0.2) is 30.5 Å². The molecule has 4 atom stereocenters. The van der Waals surface area contributed by atoms with Crippen LogP contribution in [0.3, 0.4) is 0 Å². The number of aliphatic hydroxyl groups is 1. The molecule has 1 fully saturated rings. The van der Waals surface area contributed by atoms with Crippen LogP contribution in [0, 0.1) is 12.8 Å². The summed E-state index contributed by atoms with van der Waals surface area (Å²) in [6.07, 6.45) is 8.39. The van der Waals surface area contributed by atoms with Gasteiger partial charge in [0.25, 0.3) is 0 Å². The Morgan fingerprint density at radius 3 is 2.82 bits per heavy atom. The summed E-state index contributed by atoms with van der Waals surface area (Å²) in [4.78, 5) is 12.3. The second-order valence-electron chi connectivity index (χ2n) is 9.73. The molecule has 2 aromatic heterocycles. The smallest absolute Gasteiger partial charge is 0.178 e. The summed E-state index contributed by atoms with van der Waals surface area (Å²) in [5, 5.41) is 15.8. The molecule has 1 aromatic carbocycles. The lowest BCUT2D eigenvalue weighted by Gasteiger charge is -2.38. The Labute approximate surface area is 210 Å². The largest absolute Gasteiger partial charge is 0.395 e. The Bertz CT molecular complexity index is 1240. The Morgan fingerprint density at radius 1 is 1.26 bits per heavy atom. The number of halogens is 2. The van der Waals surface area contributed by atoms with Crippen molar-refractivity contribution in [3.63, 3.8) is 0 Å². The van der Waals surface area contributed by atoms with Gasteiger partial charge in [-0.3, -0.25) is 4.90 Å². The summed E-state index contributed by atoms with van der Waals surface area (Å²) in [6, 6.07) is 6.22. The van der Waals surface area contributed by atoms with E-state index in [2.05, 4.69) is 24.8 Å². The topological polar surface area (TPSA) is 67.1 Å². The Hall–Kier alpha value is -1.99. The zero-order valence-electron chi connectivity index (χ0n) is 19.9. The molecular weight excluding hydrogens is 469 g/mol. The lowest BCUT2D eigenvalue weighted by Crippen LogP contribution is -2.45. The molecule has 0 saturated carbocycles. The van der Waals surface area contributed by atoms with E-state index in [4.69, 9.17) is 38.3 Å². The number of fused-ring (bicyclic) bond motifs is 1. The van der Waals surface area contributed by atoms with Gasteiger partial charge in [-0.2, -0.15) is 5.10 Å². The monoisotopic (exact) mass is 499 g/mol. The summed E-state index contributed by atoms with van der Waals surface area (Å²) >= 11 is 12.6. The Kier molecular flexibility index (Phi) is 6.68. The third-order valence-corrected chi connectivity index (χ3v) is 8.11. The van der Waals surface area contributed by atoms with E-state index in [0.29, 0.717) is 28.0 Å². The number of aliphatic hydroxyl groups excluding tert-OH is 1. The van der Waals surface area contributed by atoms with Crippen LogP contribution in [0.25, 0.3) is 16.7 Å². The SMILES string of the molecule is Cc1nn([C@H](C)c2ccc(Cl)cc2Cl)c2nc(C3=CCC(N4CCCC4CO)C(C)C3)cnc12. The van der Waals surface area contributed by atoms with Crippen LogP contribution in [0.4, 0.5) is 0 Å². The van der Waals surface area contributed by atoms with Gasteiger partial charge in [-0.05, 0) is 75.3 Å². The average Bonchev–Trinajstić information content (AvgIpc) is 3.42. The van der Waals surface area contributed by atoms with Crippen molar-refractivity contribution in [3.8, 4) is 0 Å². The molecule has 1 aliphatic heterocycles. The first-order chi connectivity index (χ1) is 16.4. The molecule has 180 valence electrons. The molecule has 1 saturated heterocycles. The van der Waals surface area contributed by atoms with Crippen molar-refractivity contribution in [2.45, 2.75) is 64.6 Å². The van der Waals surface area contributed by atoms with Crippen molar-refractivity contribution in [1.29, 1.82) is 0 Å². The third-order valence-electron chi connectivity index (χ3n) is 7.54. The first kappa shape index (κ1) is 23.7. The number of nitrogens with zero attached hydrogens (tertiary/aromatic N) is 5. The van der Waals surface area contributed by atoms with Crippen LogP contribution >= 0.6 is 23.2 Å². The van der Waals surface area contributed by atoms with E-state index in [0.717, 1.165) is 53.9 Å². The molecule has 0 spiro atoms. The van der Waals surface area contributed by atoms with Crippen LogP contribution < -0.4 is 0 Å². The van der Waals surface area contributed by atoms with Crippen molar-refractivity contribution < 1.29 is 5.11 Å². The van der Waals surface area contributed by atoms with Gasteiger partial charge in [0.1, 0.15) is 5.52 Å². The quantitative estimate of drug-likeness (QED) is 0.488. The van der Waals surface area contributed by atoms with Gasteiger partial charge >= 0.3 is 0 Å². The number of likely N-dealkylation sites (tertiary alicyclic amines) is 1. The summed E-state index contributed by atoms with van der Waals surface area (Å²) < 4.78 is 1.92. The number of rotatable bonds is 5. The first-order valence-corrected chi connectivity index (χ1v) is 12.9. The Balaban J connectivity index is 1.46. The highest BCUT2D eigenvalue weighted by atomic mass is 35.5. The summed E-state index contributed by atoms with van der Waals surface area (Å²) in [7, 11) is 0. The van der Waals surface area contributed by atoms with Gasteiger partial charge in [0, 0.05) is 22.1 Å². The number of aryl methyl sites for hydroxylation is 1. The molecule has 1 N–H and O–H groups in total. The maximum atomic E-state index is 9.77. The molecule has 3 aromatic rings. The molecule has 3 unspecified atom stereocenters. The summed E-state index contributed by atoms with van der Waals surface area (Å²) in [6.45, 7) is 7.67. The van der Waals surface area contributed by atoms with Crippen LogP contribution in [0.5, 0.6) is 0 Å². The minimum absolute atomic E-state index is 0.111. The van der Waals surface area contributed by atoms with E-state index in [9.17, 15) is 5.11 Å². The molecule has 8 heteroatoms. The molecule has 6 nitrogen and oxygen atoms in total. The molecule has 2 aliphatic rings. The number of benzene rings is 1. The maximum absolute atomic E-state index is 9.77. The zero-order chi connectivity index (χ0) is 24.0. The molecule has 1 aliphatic carbocycles.